The first-order chi connectivity index (χ1) is 9.15. The molecule has 3 heterocycles. The zero-order chi connectivity index (χ0) is 13.4. The van der Waals surface area contributed by atoms with Gasteiger partial charge in [-0.2, -0.15) is 0 Å². The number of aromatic amines is 1. The van der Waals surface area contributed by atoms with Gasteiger partial charge < -0.3 is 4.98 Å². The van der Waals surface area contributed by atoms with E-state index in [1.807, 2.05) is 31.5 Å². The van der Waals surface area contributed by atoms with E-state index in [4.69, 9.17) is 0 Å². The standard InChI is InChI=1S/C15H13N3O/c1-9-6-11-12(8-17-15(11)16-7-9)14-5-3-4-13(18-14)10(2)19/h3-8H,1-2H3,(H,16,17). The first kappa shape index (κ1) is 11.6. The van der Waals surface area contributed by atoms with Crippen LogP contribution in [0.2, 0.25) is 0 Å². The van der Waals surface area contributed by atoms with Crippen LogP contribution in [0.4, 0.5) is 0 Å². The Bertz CT molecular complexity index is 774. The molecule has 19 heavy (non-hydrogen) atoms. The van der Waals surface area contributed by atoms with Gasteiger partial charge in [0, 0.05) is 30.3 Å². The summed E-state index contributed by atoms with van der Waals surface area (Å²) in [7, 11) is 0. The monoisotopic (exact) mass is 251 g/mol. The van der Waals surface area contributed by atoms with E-state index in [0.717, 1.165) is 27.9 Å². The number of H-pyrrole nitrogens is 1. The Balaban J connectivity index is 2.21. The molecule has 0 amide bonds. The van der Waals surface area contributed by atoms with E-state index in [0.29, 0.717) is 5.69 Å². The Morgan fingerprint density at radius 2 is 2.16 bits per heavy atom. The van der Waals surface area contributed by atoms with Crippen molar-refractivity contribution in [2.45, 2.75) is 13.8 Å². The van der Waals surface area contributed by atoms with Gasteiger partial charge in [0.2, 0.25) is 0 Å². The van der Waals surface area contributed by atoms with Gasteiger partial charge >= 0.3 is 0 Å². The highest BCUT2D eigenvalue weighted by Crippen LogP contribution is 2.26. The molecular formula is C15H13N3O. The van der Waals surface area contributed by atoms with Crippen molar-refractivity contribution in [3.05, 3.63) is 47.9 Å². The number of rotatable bonds is 2. The molecule has 0 aliphatic heterocycles. The van der Waals surface area contributed by atoms with Crippen LogP contribution in [0.15, 0.2) is 36.7 Å². The second-order valence-electron chi connectivity index (χ2n) is 4.58. The smallest absolute Gasteiger partial charge is 0.178 e. The summed E-state index contributed by atoms with van der Waals surface area (Å²) >= 11 is 0. The predicted octanol–water partition coefficient (Wildman–Crippen LogP) is 3.14. The Hall–Kier alpha value is -2.49. The minimum atomic E-state index is -0.0315. The highest BCUT2D eigenvalue weighted by molar-refractivity contribution is 5.95. The van der Waals surface area contributed by atoms with Crippen molar-refractivity contribution in [1.82, 2.24) is 15.0 Å². The van der Waals surface area contributed by atoms with Crippen molar-refractivity contribution in [3.8, 4) is 11.3 Å². The van der Waals surface area contributed by atoms with Crippen LogP contribution in [0.1, 0.15) is 23.0 Å². The molecule has 0 aliphatic carbocycles. The van der Waals surface area contributed by atoms with Gasteiger partial charge in [-0.15, -0.1) is 0 Å². The molecule has 0 aromatic carbocycles. The second-order valence-corrected chi connectivity index (χ2v) is 4.58. The fraction of sp³-hybridized carbons (Fsp3) is 0.133. The lowest BCUT2D eigenvalue weighted by Crippen LogP contribution is -1.97. The molecule has 0 unspecified atom stereocenters. The van der Waals surface area contributed by atoms with E-state index in [1.165, 1.54) is 6.92 Å². The average molecular weight is 251 g/mol. The molecule has 0 spiro atoms. The Morgan fingerprint density at radius 1 is 1.32 bits per heavy atom. The quantitative estimate of drug-likeness (QED) is 0.712. The normalized spacial score (nSPS) is 10.8. The van der Waals surface area contributed by atoms with Crippen molar-refractivity contribution in [2.75, 3.05) is 0 Å². The van der Waals surface area contributed by atoms with Gasteiger partial charge in [0.05, 0.1) is 5.69 Å². The van der Waals surface area contributed by atoms with E-state index >= 15 is 0 Å². The number of aromatic nitrogens is 3. The van der Waals surface area contributed by atoms with Crippen molar-refractivity contribution in [1.29, 1.82) is 0 Å². The van der Waals surface area contributed by atoms with E-state index in [-0.39, 0.29) is 5.78 Å². The molecule has 0 saturated carbocycles. The summed E-state index contributed by atoms with van der Waals surface area (Å²) in [5.74, 6) is -0.0315. The number of carbonyl (C=O) groups is 1. The Kier molecular flexibility index (Phi) is 2.63. The molecule has 0 radical (unpaired) electrons. The number of aryl methyl sites for hydroxylation is 1. The van der Waals surface area contributed by atoms with Gasteiger partial charge in [0.1, 0.15) is 11.3 Å². The number of ketones is 1. The minimum absolute atomic E-state index is 0.0315. The summed E-state index contributed by atoms with van der Waals surface area (Å²) in [6.07, 6.45) is 3.70. The molecule has 3 aromatic heterocycles. The first-order valence-electron chi connectivity index (χ1n) is 6.07. The fourth-order valence-electron chi connectivity index (χ4n) is 2.10. The lowest BCUT2D eigenvalue weighted by atomic mass is 10.1. The zero-order valence-corrected chi connectivity index (χ0v) is 10.8. The molecule has 4 heteroatoms. The third-order valence-electron chi connectivity index (χ3n) is 3.05. The third kappa shape index (κ3) is 2.01. The second kappa shape index (κ2) is 4.31. The summed E-state index contributed by atoms with van der Waals surface area (Å²) < 4.78 is 0. The summed E-state index contributed by atoms with van der Waals surface area (Å²) in [6, 6.07) is 7.54. The van der Waals surface area contributed by atoms with Gasteiger partial charge in [0.25, 0.3) is 0 Å². The number of hydrogen-bond donors (Lipinski definition) is 1. The van der Waals surface area contributed by atoms with E-state index in [2.05, 4.69) is 21.0 Å². The average Bonchev–Trinajstić information content (AvgIpc) is 2.81. The third-order valence-corrected chi connectivity index (χ3v) is 3.05. The van der Waals surface area contributed by atoms with Crippen LogP contribution in [0, 0.1) is 6.92 Å². The van der Waals surface area contributed by atoms with E-state index in [1.54, 1.807) is 6.07 Å². The number of hydrogen-bond acceptors (Lipinski definition) is 3. The van der Waals surface area contributed by atoms with Crippen LogP contribution in [-0.2, 0) is 0 Å². The maximum Gasteiger partial charge on any atom is 0.178 e. The largest absolute Gasteiger partial charge is 0.345 e. The summed E-state index contributed by atoms with van der Waals surface area (Å²) in [5, 5.41) is 1.02. The lowest BCUT2D eigenvalue weighted by molar-refractivity contribution is 0.101. The van der Waals surface area contributed by atoms with Crippen LogP contribution >= 0.6 is 0 Å². The molecule has 4 nitrogen and oxygen atoms in total. The summed E-state index contributed by atoms with van der Waals surface area (Å²) in [4.78, 5) is 23.3. The first-order valence-corrected chi connectivity index (χ1v) is 6.07. The Labute approximate surface area is 110 Å². The number of Topliss-reactive ketones (excluding diaryl/α,β-unsaturated/α-hetero) is 1. The van der Waals surface area contributed by atoms with Crippen molar-refractivity contribution in [3.63, 3.8) is 0 Å². The molecular weight excluding hydrogens is 238 g/mol. The van der Waals surface area contributed by atoms with Gasteiger partial charge in [-0.05, 0) is 30.7 Å². The van der Waals surface area contributed by atoms with Crippen molar-refractivity contribution < 1.29 is 4.79 Å². The molecule has 94 valence electrons. The highest BCUT2D eigenvalue weighted by atomic mass is 16.1. The van der Waals surface area contributed by atoms with E-state index < -0.39 is 0 Å². The van der Waals surface area contributed by atoms with Gasteiger partial charge in [0.15, 0.2) is 5.78 Å². The zero-order valence-electron chi connectivity index (χ0n) is 10.8. The number of nitrogens with zero attached hydrogens (tertiary/aromatic N) is 2. The molecule has 0 fully saturated rings. The van der Waals surface area contributed by atoms with Gasteiger partial charge in [-0.3, -0.25) is 4.79 Å². The molecule has 3 aromatic rings. The fourth-order valence-corrected chi connectivity index (χ4v) is 2.10. The lowest BCUT2D eigenvalue weighted by Gasteiger charge is -2.01. The summed E-state index contributed by atoms with van der Waals surface area (Å²) in [5.41, 5.74) is 4.15. The number of fused-ring (bicyclic) bond motifs is 1. The molecule has 3 rings (SSSR count). The predicted molar refractivity (Wildman–Crippen MR) is 74.1 cm³/mol. The number of nitrogens with one attached hydrogen (secondary N) is 1. The molecule has 0 saturated heterocycles. The van der Waals surface area contributed by atoms with Crippen LogP contribution in [0.5, 0.6) is 0 Å². The molecule has 1 N–H and O–H groups in total. The summed E-state index contributed by atoms with van der Waals surface area (Å²) in [6.45, 7) is 3.52. The van der Waals surface area contributed by atoms with Crippen LogP contribution in [0.25, 0.3) is 22.3 Å². The van der Waals surface area contributed by atoms with Crippen LogP contribution < -0.4 is 0 Å². The molecule has 0 bridgehead atoms. The minimum Gasteiger partial charge on any atom is -0.345 e. The van der Waals surface area contributed by atoms with Crippen LogP contribution in [-0.4, -0.2) is 20.7 Å². The van der Waals surface area contributed by atoms with Gasteiger partial charge in [-0.25, -0.2) is 9.97 Å². The number of carbonyl (C=O) groups excluding carboxylic acids is 1. The molecule has 0 atom stereocenters. The maximum absolute atomic E-state index is 11.4. The topological polar surface area (TPSA) is 58.6 Å². The Morgan fingerprint density at radius 3 is 2.95 bits per heavy atom. The maximum atomic E-state index is 11.4. The van der Waals surface area contributed by atoms with Crippen molar-refractivity contribution >= 4 is 16.8 Å². The number of pyridine rings is 2. The van der Waals surface area contributed by atoms with Crippen molar-refractivity contribution in [2.24, 2.45) is 0 Å². The van der Waals surface area contributed by atoms with E-state index in [9.17, 15) is 4.79 Å². The van der Waals surface area contributed by atoms with Crippen LogP contribution in [0.3, 0.4) is 0 Å². The molecule has 0 aliphatic rings. The highest BCUT2D eigenvalue weighted by Gasteiger charge is 2.10. The van der Waals surface area contributed by atoms with Gasteiger partial charge in [-0.1, -0.05) is 6.07 Å². The SMILES string of the molecule is CC(=O)c1cccc(-c2c[nH]c3ncc(C)cc23)n1.